The molecule has 6 nitrogen and oxygen atoms in total. The van der Waals surface area contributed by atoms with Crippen LogP contribution in [0.3, 0.4) is 0 Å². The lowest BCUT2D eigenvalue weighted by atomic mass is 10.1. The van der Waals surface area contributed by atoms with E-state index in [4.69, 9.17) is 0 Å². The predicted molar refractivity (Wildman–Crippen MR) is 78.4 cm³/mol. The van der Waals surface area contributed by atoms with Crippen LogP contribution in [0.2, 0.25) is 0 Å². The van der Waals surface area contributed by atoms with Crippen molar-refractivity contribution in [1.29, 1.82) is 0 Å². The molecule has 2 aliphatic heterocycles. The van der Waals surface area contributed by atoms with Crippen molar-refractivity contribution in [2.45, 2.75) is 32.2 Å². The first kappa shape index (κ1) is 15.6. The zero-order valence-corrected chi connectivity index (χ0v) is 12.9. The van der Waals surface area contributed by atoms with E-state index in [0.29, 0.717) is 18.9 Å². The van der Waals surface area contributed by atoms with Crippen LogP contribution >= 0.6 is 0 Å². The summed E-state index contributed by atoms with van der Waals surface area (Å²) in [6.45, 7) is 6.09. The number of likely N-dealkylation sites (tertiary alicyclic amines) is 1. The second-order valence-corrected chi connectivity index (χ2v) is 8.30. The van der Waals surface area contributed by atoms with E-state index >= 15 is 0 Å². The Morgan fingerprint density at radius 3 is 2.65 bits per heavy atom. The number of nitrogens with one attached hydrogen (secondary N) is 2. The van der Waals surface area contributed by atoms with Crippen molar-refractivity contribution in [3.05, 3.63) is 0 Å². The standard InChI is InChI=1S/C13H25N3O3S/c1-11(9-16-5-2-3-6-16)8-14-13(17)15-12-4-7-20(18,19)10-12/h11-12H,2-10H2,1H3,(H2,14,15,17). The number of carbonyl (C=O) groups excluding carboxylic acids is 1. The molecule has 116 valence electrons. The van der Waals surface area contributed by atoms with Gasteiger partial charge in [-0.1, -0.05) is 6.92 Å². The van der Waals surface area contributed by atoms with Crippen molar-refractivity contribution in [1.82, 2.24) is 15.5 Å². The van der Waals surface area contributed by atoms with Gasteiger partial charge in [-0.15, -0.1) is 0 Å². The van der Waals surface area contributed by atoms with E-state index in [9.17, 15) is 13.2 Å². The monoisotopic (exact) mass is 303 g/mol. The summed E-state index contributed by atoms with van der Waals surface area (Å²) in [6.07, 6.45) is 3.08. The smallest absolute Gasteiger partial charge is 0.315 e. The molecule has 0 saturated carbocycles. The summed E-state index contributed by atoms with van der Waals surface area (Å²) in [7, 11) is -2.94. The summed E-state index contributed by atoms with van der Waals surface area (Å²) in [5.41, 5.74) is 0. The van der Waals surface area contributed by atoms with Gasteiger partial charge in [0.25, 0.3) is 0 Å². The van der Waals surface area contributed by atoms with Gasteiger partial charge in [-0.05, 0) is 38.3 Å². The molecule has 0 aliphatic carbocycles. The zero-order valence-electron chi connectivity index (χ0n) is 12.1. The summed E-state index contributed by atoms with van der Waals surface area (Å²) >= 11 is 0. The third-order valence-corrected chi connectivity index (χ3v) is 5.72. The highest BCUT2D eigenvalue weighted by Crippen LogP contribution is 2.11. The van der Waals surface area contributed by atoms with Gasteiger partial charge in [0, 0.05) is 19.1 Å². The minimum atomic E-state index is -2.94. The summed E-state index contributed by atoms with van der Waals surface area (Å²) in [5, 5.41) is 5.58. The fraction of sp³-hybridized carbons (Fsp3) is 0.923. The van der Waals surface area contributed by atoms with E-state index in [1.54, 1.807) is 0 Å². The van der Waals surface area contributed by atoms with Crippen LogP contribution in [-0.2, 0) is 9.84 Å². The molecule has 2 rings (SSSR count). The molecular weight excluding hydrogens is 278 g/mol. The van der Waals surface area contributed by atoms with Gasteiger partial charge < -0.3 is 15.5 Å². The largest absolute Gasteiger partial charge is 0.338 e. The van der Waals surface area contributed by atoms with Gasteiger partial charge in [0.2, 0.25) is 0 Å². The number of sulfone groups is 1. The minimum Gasteiger partial charge on any atom is -0.338 e. The third-order valence-electron chi connectivity index (χ3n) is 3.95. The molecule has 0 aromatic heterocycles. The average Bonchev–Trinajstić information content (AvgIpc) is 2.97. The van der Waals surface area contributed by atoms with Gasteiger partial charge >= 0.3 is 6.03 Å². The van der Waals surface area contributed by atoms with Crippen molar-refractivity contribution in [3.63, 3.8) is 0 Å². The van der Waals surface area contributed by atoms with Crippen molar-refractivity contribution < 1.29 is 13.2 Å². The lowest BCUT2D eigenvalue weighted by molar-refractivity contribution is 0.232. The molecule has 0 radical (unpaired) electrons. The van der Waals surface area contributed by atoms with Crippen LogP contribution in [0.5, 0.6) is 0 Å². The maximum absolute atomic E-state index is 11.7. The second kappa shape index (κ2) is 6.76. The van der Waals surface area contributed by atoms with Gasteiger partial charge in [-0.2, -0.15) is 0 Å². The lowest BCUT2D eigenvalue weighted by Gasteiger charge is -2.21. The van der Waals surface area contributed by atoms with Crippen LogP contribution in [-0.4, -0.2) is 63.1 Å². The summed E-state index contributed by atoms with van der Waals surface area (Å²) < 4.78 is 22.6. The first-order valence-corrected chi connectivity index (χ1v) is 9.24. The van der Waals surface area contributed by atoms with Gasteiger partial charge in [0.05, 0.1) is 11.5 Å². The normalized spacial score (nSPS) is 27.4. The number of nitrogens with zero attached hydrogens (tertiary/aromatic N) is 1. The Morgan fingerprint density at radius 1 is 1.35 bits per heavy atom. The Hall–Kier alpha value is -0.820. The number of hydrogen-bond donors (Lipinski definition) is 2. The molecular formula is C13H25N3O3S. The van der Waals surface area contributed by atoms with Gasteiger partial charge in [-0.25, -0.2) is 13.2 Å². The highest BCUT2D eigenvalue weighted by atomic mass is 32.2. The molecule has 2 N–H and O–H groups in total. The van der Waals surface area contributed by atoms with Gasteiger partial charge in [0.15, 0.2) is 9.84 Å². The van der Waals surface area contributed by atoms with Crippen LogP contribution in [0.4, 0.5) is 4.79 Å². The number of carbonyl (C=O) groups is 1. The molecule has 7 heteroatoms. The first-order valence-electron chi connectivity index (χ1n) is 7.42. The van der Waals surface area contributed by atoms with E-state index in [-0.39, 0.29) is 23.6 Å². The quantitative estimate of drug-likeness (QED) is 0.761. The molecule has 2 amide bonds. The molecule has 2 fully saturated rings. The molecule has 20 heavy (non-hydrogen) atoms. The number of amides is 2. The molecule has 0 bridgehead atoms. The van der Waals surface area contributed by atoms with Crippen LogP contribution in [0.15, 0.2) is 0 Å². The molecule has 0 aromatic rings. The Balaban J connectivity index is 1.62. The van der Waals surface area contributed by atoms with Gasteiger partial charge in [0.1, 0.15) is 0 Å². The Kier molecular flexibility index (Phi) is 5.26. The SMILES string of the molecule is CC(CNC(=O)NC1CCS(=O)(=O)C1)CN1CCCC1. The van der Waals surface area contributed by atoms with Crippen LogP contribution in [0.25, 0.3) is 0 Å². The molecule has 2 unspecified atom stereocenters. The predicted octanol–water partition coefficient (Wildman–Crippen LogP) is 0.205. The van der Waals surface area contributed by atoms with Gasteiger partial charge in [-0.3, -0.25) is 0 Å². The summed E-state index contributed by atoms with van der Waals surface area (Å²) in [6, 6.07) is -0.478. The van der Waals surface area contributed by atoms with E-state index in [1.165, 1.54) is 12.8 Å². The molecule has 0 aromatic carbocycles. The number of urea groups is 1. The molecule has 2 heterocycles. The van der Waals surface area contributed by atoms with Crippen molar-refractivity contribution in [3.8, 4) is 0 Å². The highest BCUT2D eigenvalue weighted by Gasteiger charge is 2.28. The molecule has 2 atom stereocenters. The van der Waals surface area contributed by atoms with E-state index in [1.807, 2.05) is 0 Å². The Morgan fingerprint density at radius 2 is 2.05 bits per heavy atom. The molecule has 2 saturated heterocycles. The van der Waals surface area contributed by atoms with Crippen molar-refractivity contribution in [2.75, 3.05) is 37.7 Å². The average molecular weight is 303 g/mol. The number of rotatable bonds is 5. The topological polar surface area (TPSA) is 78.5 Å². The second-order valence-electron chi connectivity index (χ2n) is 6.07. The van der Waals surface area contributed by atoms with Crippen molar-refractivity contribution in [2.24, 2.45) is 5.92 Å². The summed E-state index contributed by atoms with van der Waals surface area (Å²) in [5.74, 6) is 0.665. The van der Waals surface area contributed by atoms with Crippen LogP contribution in [0.1, 0.15) is 26.2 Å². The third kappa shape index (κ3) is 4.94. The maximum atomic E-state index is 11.7. The van der Waals surface area contributed by atoms with E-state index < -0.39 is 9.84 Å². The van der Waals surface area contributed by atoms with Crippen LogP contribution < -0.4 is 10.6 Å². The Labute approximate surface area is 121 Å². The maximum Gasteiger partial charge on any atom is 0.315 e. The lowest BCUT2D eigenvalue weighted by Crippen LogP contribution is -2.44. The fourth-order valence-electron chi connectivity index (χ4n) is 2.88. The van der Waals surface area contributed by atoms with E-state index in [0.717, 1.165) is 19.6 Å². The van der Waals surface area contributed by atoms with Crippen molar-refractivity contribution >= 4 is 15.9 Å². The summed E-state index contributed by atoms with van der Waals surface area (Å²) in [4.78, 5) is 14.1. The molecule has 0 spiro atoms. The Bertz CT molecular complexity index is 432. The molecule has 2 aliphatic rings. The fourth-order valence-corrected chi connectivity index (χ4v) is 4.56. The minimum absolute atomic E-state index is 0.0732. The highest BCUT2D eigenvalue weighted by molar-refractivity contribution is 7.91. The number of hydrogen-bond acceptors (Lipinski definition) is 4. The van der Waals surface area contributed by atoms with E-state index in [2.05, 4.69) is 22.5 Å². The zero-order chi connectivity index (χ0) is 14.6. The first-order chi connectivity index (χ1) is 9.44. The van der Waals surface area contributed by atoms with Crippen LogP contribution in [0, 0.1) is 5.92 Å².